The van der Waals surface area contributed by atoms with Gasteiger partial charge in [-0.05, 0) is 42.5 Å². The van der Waals surface area contributed by atoms with Gasteiger partial charge >= 0.3 is 12.2 Å². The maximum Gasteiger partial charge on any atom is 0.407 e. The van der Waals surface area contributed by atoms with Crippen molar-refractivity contribution in [2.24, 2.45) is 0 Å². The highest BCUT2D eigenvalue weighted by molar-refractivity contribution is 5.68. The van der Waals surface area contributed by atoms with Gasteiger partial charge in [-0.15, -0.1) is 0 Å². The summed E-state index contributed by atoms with van der Waals surface area (Å²) in [5, 5.41) is 17.0. The average molecular weight is 533 g/mol. The lowest BCUT2D eigenvalue weighted by Crippen LogP contribution is -2.48. The van der Waals surface area contributed by atoms with Crippen LogP contribution in [0.1, 0.15) is 28.7 Å². The highest BCUT2D eigenvalue weighted by Crippen LogP contribution is 2.15. The van der Waals surface area contributed by atoms with E-state index in [1.807, 2.05) is 60.7 Å². The van der Waals surface area contributed by atoms with Gasteiger partial charge in [0, 0.05) is 17.2 Å². The highest BCUT2D eigenvalue weighted by Gasteiger charge is 2.27. The Morgan fingerprint density at radius 1 is 0.692 bits per heavy atom. The van der Waals surface area contributed by atoms with Crippen LogP contribution in [0.4, 0.5) is 9.59 Å². The summed E-state index contributed by atoms with van der Waals surface area (Å²) in [4.78, 5) is 25.2. The molecule has 2 aromatic heterocycles. The van der Waals surface area contributed by atoms with Crippen LogP contribution in [0.15, 0.2) is 107 Å². The Balaban J connectivity index is 1.42. The summed E-state index contributed by atoms with van der Waals surface area (Å²) in [5.41, 5.74) is 3.36. The summed E-state index contributed by atoms with van der Waals surface area (Å²) < 4.78 is 20.7. The summed E-state index contributed by atoms with van der Waals surface area (Å²) in [6.45, 7) is 0.0980. The standard InChI is InChI=1S/C30H32N2O7/c33-28(27(16-23-9-5-2-6-10-23)32-30(35)39-21-25-12-14-37-19-25)17-26(15-22-7-3-1-4-8-22)31-29(34)38-20-24-11-13-36-18-24/h1-14,18-19,26-28,33H,15-17,20-21H2,(H,31,34)(H,32,35). The van der Waals surface area contributed by atoms with E-state index in [1.165, 1.54) is 25.1 Å². The average Bonchev–Trinajstić information content (AvgIpc) is 3.66. The number of carbonyl (C=O) groups excluding carboxylic acids is 2. The molecule has 0 saturated carbocycles. The van der Waals surface area contributed by atoms with Crippen LogP contribution in [0.25, 0.3) is 0 Å². The van der Waals surface area contributed by atoms with Crippen molar-refractivity contribution in [3.63, 3.8) is 0 Å². The summed E-state index contributed by atoms with van der Waals surface area (Å²) in [7, 11) is 0. The second-order valence-corrected chi connectivity index (χ2v) is 9.19. The Kier molecular flexibility index (Phi) is 10.2. The minimum Gasteiger partial charge on any atom is -0.472 e. The number of benzene rings is 2. The van der Waals surface area contributed by atoms with Crippen LogP contribution in [0.2, 0.25) is 0 Å². The molecule has 2 aromatic carbocycles. The fraction of sp³-hybridized carbons (Fsp3) is 0.267. The fourth-order valence-corrected chi connectivity index (χ4v) is 4.15. The number of hydrogen-bond donors (Lipinski definition) is 3. The van der Waals surface area contributed by atoms with Crippen molar-refractivity contribution in [1.29, 1.82) is 0 Å². The molecule has 3 N–H and O–H groups in total. The zero-order valence-corrected chi connectivity index (χ0v) is 21.4. The molecule has 0 saturated heterocycles. The predicted molar refractivity (Wildman–Crippen MR) is 143 cm³/mol. The number of amides is 2. The molecule has 4 rings (SSSR count). The van der Waals surface area contributed by atoms with Crippen molar-refractivity contribution in [3.05, 3.63) is 120 Å². The van der Waals surface area contributed by atoms with Crippen LogP contribution >= 0.6 is 0 Å². The fourth-order valence-electron chi connectivity index (χ4n) is 4.15. The van der Waals surface area contributed by atoms with Crippen molar-refractivity contribution < 1.29 is 33.0 Å². The van der Waals surface area contributed by atoms with E-state index < -0.39 is 30.4 Å². The minimum absolute atomic E-state index is 0.0389. The number of ether oxygens (including phenoxy) is 2. The lowest BCUT2D eigenvalue weighted by atomic mass is 9.94. The summed E-state index contributed by atoms with van der Waals surface area (Å²) in [6, 6.07) is 21.4. The van der Waals surface area contributed by atoms with Crippen molar-refractivity contribution in [2.75, 3.05) is 0 Å². The molecular weight excluding hydrogens is 500 g/mol. The van der Waals surface area contributed by atoms with Crippen LogP contribution in [0.5, 0.6) is 0 Å². The van der Waals surface area contributed by atoms with Gasteiger partial charge in [0.05, 0.1) is 37.2 Å². The first-order chi connectivity index (χ1) is 19.0. The van der Waals surface area contributed by atoms with Gasteiger partial charge in [-0.2, -0.15) is 0 Å². The van der Waals surface area contributed by atoms with Gasteiger partial charge in [-0.3, -0.25) is 0 Å². The molecule has 9 nitrogen and oxygen atoms in total. The van der Waals surface area contributed by atoms with Gasteiger partial charge < -0.3 is 34.0 Å². The smallest absolute Gasteiger partial charge is 0.407 e. The second-order valence-electron chi connectivity index (χ2n) is 9.19. The first kappa shape index (κ1) is 27.5. The van der Waals surface area contributed by atoms with E-state index in [0.29, 0.717) is 18.4 Å². The molecule has 3 unspecified atom stereocenters. The summed E-state index contributed by atoms with van der Waals surface area (Å²) >= 11 is 0. The Bertz CT molecular complexity index is 1250. The number of furan rings is 2. The second kappa shape index (κ2) is 14.4. The van der Waals surface area contributed by atoms with Gasteiger partial charge in [0.25, 0.3) is 0 Å². The molecule has 2 amide bonds. The molecule has 39 heavy (non-hydrogen) atoms. The number of aliphatic hydroxyl groups excluding tert-OH is 1. The molecule has 3 atom stereocenters. The van der Waals surface area contributed by atoms with E-state index in [1.54, 1.807) is 12.1 Å². The number of alkyl carbamates (subject to hydrolysis) is 2. The molecule has 0 aliphatic heterocycles. The highest BCUT2D eigenvalue weighted by atomic mass is 16.6. The zero-order valence-electron chi connectivity index (χ0n) is 21.4. The van der Waals surface area contributed by atoms with Crippen molar-refractivity contribution in [3.8, 4) is 0 Å². The monoisotopic (exact) mass is 532 g/mol. The van der Waals surface area contributed by atoms with Gasteiger partial charge in [-0.25, -0.2) is 9.59 Å². The van der Waals surface area contributed by atoms with Crippen LogP contribution < -0.4 is 10.6 Å². The molecule has 0 aliphatic rings. The van der Waals surface area contributed by atoms with Gasteiger partial charge in [0.15, 0.2) is 0 Å². The number of hydrogen-bond acceptors (Lipinski definition) is 7. The van der Waals surface area contributed by atoms with E-state index in [0.717, 1.165) is 16.7 Å². The van der Waals surface area contributed by atoms with Crippen LogP contribution in [0, 0.1) is 0 Å². The lowest BCUT2D eigenvalue weighted by Gasteiger charge is -2.28. The van der Waals surface area contributed by atoms with Crippen LogP contribution in [-0.4, -0.2) is 35.5 Å². The SMILES string of the molecule is O=C(NC(Cc1ccccc1)CC(O)C(Cc1ccccc1)NC(=O)OCc1ccoc1)OCc1ccoc1. The summed E-state index contributed by atoms with van der Waals surface area (Å²) in [6.07, 6.45) is 4.71. The first-order valence-electron chi connectivity index (χ1n) is 12.7. The number of carbonyl (C=O) groups is 2. The van der Waals surface area contributed by atoms with Crippen molar-refractivity contribution >= 4 is 12.2 Å². The Morgan fingerprint density at radius 3 is 1.72 bits per heavy atom. The normalized spacial score (nSPS) is 13.2. The number of nitrogens with one attached hydrogen (secondary N) is 2. The maximum absolute atomic E-state index is 12.6. The molecule has 0 fully saturated rings. The van der Waals surface area contributed by atoms with Crippen molar-refractivity contribution in [1.82, 2.24) is 10.6 Å². The third kappa shape index (κ3) is 9.39. The first-order valence-corrected chi connectivity index (χ1v) is 12.7. The van der Waals surface area contributed by atoms with E-state index >= 15 is 0 Å². The lowest BCUT2D eigenvalue weighted by molar-refractivity contribution is 0.0860. The molecule has 0 radical (unpaired) electrons. The quantitative estimate of drug-likeness (QED) is 0.221. The molecule has 4 aromatic rings. The van der Waals surface area contributed by atoms with Gasteiger partial charge in [0.2, 0.25) is 0 Å². The molecule has 204 valence electrons. The molecule has 0 bridgehead atoms. The third-order valence-electron chi connectivity index (χ3n) is 6.14. The van der Waals surface area contributed by atoms with Crippen molar-refractivity contribution in [2.45, 2.75) is 50.7 Å². The van der Waals surface area contributed by atoms with Gasteiger partial charge in [-0.1, -0.05) is 60.7 Å². The van der Waals surface area contributed by atoms with E-state index in [2.05, 4.69) is 10.6 Å². The summed E-state index contributed by atoms with van der Waals surface area (Å²) in [5.74, 6) is 0. The Hall–Kier alpha value is -4.50. The topological polar surface area (TPSA) is 123 Å². The Morgan fingerprint density at radius 2 is 1.21 bits per heavy atom. The van der Waals surface area contributed by atoms with E-state index in [-0.39, 0.29) is 19.6 Å². The Labute approximate surface area is 226 Å². The molecule has 2 heterocycles. The maximum atomic E-state index is 12.6. The third-order valence-corrected chi connectivity index (χ3v) is 6.14. The van der Waals surface area contributed by atoms with E-state index in [4.69, 9.17) is 18.3 Å². The van der Waals surface area contributed by atoms with Crippen LogP contribution in [0.3, 0.4) is 0 Å². The van der Waals surface area contributed by atoms with Gasteiger partial charge in [0.1, 0.15) is 13.2 Å². The largest absolute Gasteiger partial charge is 0.472 e. The molecule has 0 aliphatic carbocycles. The predicted octanol–water partition coefficient (Wildman–Crippen LogP) is 5.00. The molecule has 0 spiro atoms. The molecular formula is C30H32N2O7. The van der Waals surface area contributed by atoms with Crippen LogP contribution in [-0.2, 0) is 35.5 Å². The number of rotatable bonds is 13. The minimum atomic E-state index is -1.01. The zero-order chi connectivity index (χ0) is 27.3. The number of aliphatic hydroxyl groups is 1. The van der Waals surface area contributed by atoms with E-state index in [9.17, 15) is 14.7 Å². The molecule has 9 heteroatoms.